The Kier molecular flexibility index (Phi) is 15.0. The van der Waals surface area contributed by atoms with Crippen LogP contribution in [0.25, 0.3) is 0 Å². The maximum absolute atomic E-state index is 13.9. The molecule has 2 aromatic carbocycles. The van der Waals surface area contributed by atoms with Gasteiger partial charge in [0.05, 0.1) is 12.1 Å². The Morgan fingerprint density at radius 3 is 2.24 bits per heavy atom. The Morgan fingerprint density at radius 2 is 1.63 bits per heavy atom. The Labute approximate surface area is 242 Å². The molecule has 2 amide bonds. The smallest absolute Gasteiger partial charge is 0.271 e. The third-order valence-corrected chi connectivity index (χ3v) is 6.58. The molecule has 2 aromatic rings. The van der Waals surface area contributed by atoms with Crippen LogP contribution in [0.15, 0.2) is 47.6 Å². The summed E-state index contributed by atoms with van der Waals surface area (Å²) in [6.07, 6.45) is 1.37. The molecule has 0 fully saturated rings. The summed E-state index contributed by atoms with van der Waals surface area (Å²) < 4.78 is 27.7. The summed E-state index contributed by atoms with van der Waals surface area (Å²) in [5, 5.41) is 20.9. The molecular formula is C31H44F2N4O4. The number of carbonyl (C=O) groups excluding carboxylic acids is 2. The molecule has 10 heteroatoms. The van der Waals surface area contributed by atoms with Crippen molar-refractivity contribution in [1.82, 2.24) is 15.5 Å². The van der Waals surface area contributed by atoms with Crippen LogP contribution in [0.1, 0.15) is 63.1 Å². The van der Waals surface area contributed by atoms with Crippen LogP contribution in [0, 0.1) is 11.6 Å². The average Bonchev–Trinajstić information content (AvgIpc) is 2.94. The lowest BCUT2D eigenvalue weighted by molar-refractivity contribution is -0.124. The highest BCUT2D eigenvalue weighted by atomic mass is 19.1. The number of oxime groups is 1. The minimum atomic E-state index is -1.06. The van der Waals surface area contributed by atoms with E-state index in [1.807, 2.05) is 32.0 Å². The van der Waals surface area contributed by atoms with Crippen molar-refractivity contribution in [3.05, 3.63) is 70.8 Å². The molecule has 0 spiro atoms. The molecular weight excluding hydrogens is 530 g/mol. The maximum atomic E-state index is 13.9. The van der Waals surface area contributed by atoms with Crippen molar-refractivity contribution in [1.29, 1.82) is 0 Å². The van der Waals surface area contributed by atoms with Gasteiger partial charge in [0.1, 0.15) is 24.5 Å². The number of halogens is 2. The SMILES string of the molecule is CCCN(CCC)C(=O)/C(CCC(=O)NC(Cc1cc(F)cc(F)c1)C(O)CNCc1cccc(CC)c1)=N/OC. The summed E-state index contributed by atoms with van der Waals surface area (Å²) in [5.74, 6) is -2.20. The molecule has 41 heavy (non-hydrogen) atoms. The molecule has 0 aliphatic rings. The number of hydrogen-bond donors (Lipinski definition) is 3. The third kappa shape index (κ3) is 11.9. The minimum Gasteiger partial charge on any atom is -0.399 e. The Hall–Kier alpha value is -3.37. The van der Waals surface area contributed by atoms with Gasteiger partial charge in [-0.05, 0) is 54.5 Å². The fourth-order valence-corrected chi connectivity index (χ4v) is 4.58. The lowest BCUT2D eigenvalue weighted by Gasteiger charge is -2.25. The number of amides is 2. The normalized spacial score (nSPS) is 13.0. The van der Waals surface area contributed by atoms with Gasteiger partial charge in [0.15, 0.2) is 0 Å². The molecule has 0 aliphatic carbocycles. The number of nitrogens with zero attached hydrogens (tertiary/aromatic N) is 2. The molecule has 0 radical (unpaired) electrons. The molecule has 0 aliphatic heterocycles. The lowest BCUT2D eigenvalue weighted by Crippen LogP contribution is -2.49. The quantitative estimate of drug-likeness (QED) is 0.184. The molecule has 3 N–H and O–H groups in total. The van der Waals surface area contributed by atoms with Gasteiger partial charge < -0.3 is 25.5 Å². The molecule has 0 saturated carbocycles. The zero-order chi connectivity index (χ0) is 30.2. The maximum Gasteiger partial charge on any atom is 0.271 e. The van der Waals surface area contributed by atoms with E-state index < -0.39 is 29.7 Å². The van der Waals surface area contributed by atoms with Gasteiger partial charge in [-0.15, -0.1) is 0 Å². The van der Waals surface area contributed by atoms with Gasteiger partial charge in [-0.2, -0.15) is 0 Å². The number of benzene rings is 2. The number of hydrogen-bond acceptors (Lipinski definition) is 6. The summed E-state index contributed by atoms with van der Waals surface area (Å²) in [7, 11) is 1.34. The van der Waals surface area contributed by atoms with Crippen molar-refractivity contribution in [2.45, 2.75) is 78.0 Å². The average molecular weight is 575 g/mol. The minimum absolute atomic E-state index is 0.00725. The van der Waals surface area contributed by atoms with Crippen LogP contribution in [0.5, 0.6) is 0 Å². The molecule has 2 rings (SSSR count). The van der Waals surface area contributed by atoms with Gasteiger partial charge in [0, 0.05) is 45.1 Å². The topological polar surface area (TPSA) is 103 Å². The number of aryl methyl sites for hydroxylation is 1. The van der Waals surface area contributed by atoms with E-state index in [0.717, 1.165) is 30.9 Å². The van der Waals surface area contributed by atoms with Crippen LogP contribution in [0.4, 0.5) is 8.78 Å². The Morgan fingerprint density at radius 1 is 0.976 bits per heavy atom. The van der Waals surface area contributed by atoms with E-state index in [2.05, 4.69) is 28.8 Å². The predicted molar refractivity (Wildman–Crippen MR) is 156 cm³/mol. The monoisotopic (exact) mass is 574 g/mol. The van der Waals surface area contributed by atoms with E-state index in [4.69, 9.17) is 4.84 Å². The second-order valence-corrected chi connectivity index (χ2v) is 10.0. The van der Waals surface area contributed by atoms with E-state index in [-0.39, 0.29) is 37.4 Å². The summed E-state index contributed by atoms with van der Waals surface area (Å²) in [5.41, 5.74) is 2.68. The van der Waals surface area contributed by atoms with Gasteiger partial charge in [0.2, 0.25) is 5.91 Å². The van der Waals surface area contributed by atoms with Gasteiger partial charge in [-0.25, -0.2) is 8.78 Å². The van der Waals surface area contributed by atoms with Crippen LogP contribution < -0.4 is 10.6 Å². The number of carbonyl (C=O) groups is 2. The second-order valence-electron chi connectivity index (χ2n) is 10.0. The van der Waals surface area contributed by atoms with Crippen LogP contribution in [-0.2, 0) is 33.8 Å². The number of aliphatic hydroxyl groups excluding tert-OH is 1. The molecule has 226 valence electrons. The van der Waals surface area contributed by atoms with Crippen molar-refractivity contribution in [3.8, 4) is 0 Å². The molecule has 8 nitrogen and oxygen atoms in total. The van der Waals surface area contributed by atoms with Crippen LogP contribution >= 0.6 is 0 Å². The Bertz CT molecular complexity index is 1120. The number of rotatable bonds is 18. The van der Waals surface area contributed by atoms with Crippen LogP contribution in [-0.4, -0.2) is 66.4 Å². The molecule has 2 atom stereocenters. The van der Waals surface area contributed by atoms with Gasteiger partial charge in [0.25, 0.3) is 5.91 Å². The Balaban J connectivity index is 2.09. The fourth-order valence-electron chi connectivity index (χ4n) is 4.58. The van der Waals surface area contributed by atoms with Crippen molar-refractivity contribution in [3.63, 3.8) is 0 Å². The highest BCUT2D eigenvalue weighted by molar-refractivity contribution is 6.38. The van der Waals surface area contributed by atoms with Crippen molar-refractivity contribution < 1.29 is 28.3 Å². The van der Waals surface area contributed by atoms with Gasteiger partial charge >= 0.3 is 0 Å². The van der Waals surface area contributed by atoms with E-state index in [1.165, 1.54) is 24.8 Å². The zero-order valence-corrected chi connectivity index (χ0v) is 24.6. The molecule has 2 unspecified atom stereocenters. The molecule has 0 saturated heterocycles. The zero-order valence-electron chi connectivity index (χ0n) is 24.6. The van der Waals surface area contributed by atoms with Gasteiger partial charge in [-0.1, -0.05) is 50.2 Å². The first kappa shape index (κ1) is 33.8. The van der Waals surface area contributed by atoms with Gasteiger partial charge in [-0.3, -0.25) is 9.59 Å². The van der Waals surface area contributed by atoms with E-state index >= 15 is 0 Å². The summed E-state index contributed by atoms with van der Waals surface area (Å²) in [6.45, 7) is 7.80. The number of aliphatic hydroxyl groups is 1. The largest absolute Gasteiger partial charge is 0.399 e. The summed E-state index contributed by atoms with van der Waals surface area (Å²) >= 11 is 0. The van der Waals surface area contributed by atoms with Crippen molar-refractivity contribution in [2.24, 2.45) is 5.16 Å². The summed E-state index contributed by atoms with van der Waals surface area (Å²) in [6, 6.07) is 10.4. The van der Waals surface area contributed by atoms with Crippen molar-refractivity contribution in [2.75, 3.05) is 26.7 Å². The van der Waals surface area contributed by atoms with Crippen LogP contribution in [0.3, 0.4) is 0 Å². The fraction of sp³-hybridized carbons (Fsp3) is 0.516. The van der Waals surface area contributed by atoms with E-state index in [0.29, 0.717) is 25.2 Å². The van der Waals surface area contributed by atoms with Crippen molar-refractivity contribution >= 4 is 17.5 Å². The van der Waals surface area contributed by atoms with Crippen LogP contribution in [0.2, 0.25) is 0 Å². The highest BCUT2D eigenvalue weighted by Gasteiger charge is 2.24. The first-order valence-corrected chi connectivity index (χ1v) is 14.3. The summed E-state index contributed by atoms with van der Waals surface area (Å²) in [4.78, 5) is 32.5. The first-order chi connectivity index (χ1) is 19.7. The molecule has 0 bridgehead atoms. The molecule has 0 aromatic heterocycles. The predicted octanol–water partition coefficient (Wildman–Crippen LogP) is 4.14. The number of nitrogens with one attached hydrogen (secondary N) is 2. The molecule has 0 heterocycles. The lowest BCUT2D eigenvalue weighted by atomic mass is 10.00. The highest BCUT2D eigenvalue weighted by Crippen LogP contribution is 2.13. The standard InChI is InChI=1S/C31H44F2N4O4/c1-5-13-37(14-6-2)31(40)27(36-41-4)11-12-30(39)35-28(18-24-16-25(32)19-26(33)17-24)29(38)21-34-20-23-10-8-9-22(7-3)15-23/h8-10,15-17,19,28-29,34,38H,5-7,11-14,18,20-21H2,1-4H3,(H,35,39)/b36-27+. The third-order valence-electron chi connectivity index (χ3n) is 6.58. The first-order valence-electron chi connectivity index (χ1n) is 14.3. The second kappa shape index (κ2) is 18.1. The van der Waals surface area contributed by atoms with E-state index in [9.17, 15) is 23.5 Å². The van der Waals surface area contributed by atoms with E-state index in [1.54, 1.807) is 4.90 Å².